The third kappa shape index (κ3) is 5.87. The van der Waals surface area contributed by atoms with Gasteiger partial charge in [0.05, 0.1) is 47.4 Å². The quantitative estimate of drug-likeness (QED) is 0.339. The first-order chi connectivity index (χ1) is 19.1. The van der Waals surface area contributed by atoms with Gasteiger partial charge in [-0.25, -0.2) is 36.7 Å². The van der Waals surface area contributed by atoms with Gasteiger partial charge in [-0.1, -0.05) is 5.16 Å². The summed E-state index contributed by atoms with van der Waals surface area (Å²) in [7, 11) is 0. The summed E-state index contributed by atoms with van der Waals surface area (Å²) in [4.78, 5) is 35.0. The van der Waals surface area contributed by atoms with E-state index < -0.39 is 53.2 Å². The molecule has 3 aromatic rings. The van der Waals surface area contributed by atoms with E-state index in [9.17, 15) is 32.3 Å². The minimum Gasteiger partial charge on any atom is -0.390 e. The van der Waals surface area contributed by atoms with E-state index in [2.05, 4.69) is 40.6 Å². The van der Waals surface area contributed by atoms with Crippen LogP contribution in [0, 0.1) is 12.8 Å². The molecule has 2 amide bonds. The van der Waals surface area contributed by atoms with Gasteiger partial charge in [0.25, 0.3) is 17.6 Å². The van der Waals surface area contributed by atoms with E-state index in [1.807, 2.05) is 0 Å². The van der Waals surface area contributed by atoms with Crippen molar-refractivity contribution in [1.29, 1.82) is 0 Å². The predicted octanol–water partition coefficient (Wildman–Crippen LogP) is 2.67. The maximum absolute atomic E-state index is 13.9. The van der Waals surface area contributed by atoms with Crippen molar-refractivity contribution in [3.05, 3.63) is 35.2 Å². The minimum absolute atomic E-state index is 0.0386. The Morgan fingerprint density at radius 1 is 1.22 bits per heavy atom. The van der Waals surface area contributed by atoms with Gasteiger partial charge in [0, 0.05) is 19.8 Å². The van der Waals surface area contributed by atoms with E-state index in [0.717, 1.165) is 0 Å². The summed E-state index contributed by atoms with van der Waals surface area (Å²) >= 11 is 0. The molecular weight excluding hydrogens is 552 g/mol. The van der Waals surface area contributed by atoms with Crippen LogP contribution in [0.5, 0.6) is 0 Å². The summed E-state index contributed by atoms with van der Waals surface area (Å²) in [6.45, 7) is 2.85. The van der Waals surface area contributed by atoms with Crippen LogP contribution in [0.1, 0.15) is 86.0 Å². The van der Waals surface area contributed by atoms with Crippen molar-refractivity contribution in [2.75, 3.05) is 6.54 Å². The van der Waals surface area contributed by atoms with Gasteiger partial charge in [-0.05, 0) is 50.6 Å². The topological polar surface area (TPSA) is 160 Å². The number of aliphatic hydroxyl groups is 1. The van der Waals surface area contributed by atoms with Crippen LogP contribution in [-0.2, 0) is 10.2 Å². The van der Waals surface area contributed by atoms with Crippen molar-refractivity contribution in [3.8, 4) is 0 Å². The lowest BCUT2D eigenvalue weighted by Crippen LogP contribution is -2.61. The first-order valence-electron chi connectivity index (χ1n) is 13.2. The monoisotopic (exact) mass is 582 g/mol. The molecular formula is C25H30F4N8O4. The smallest absolute Gasteiger partial charge is 0.276 e. The fraction of sp³-hybridized carbons (Fsp3) is 0.640. The average molecular weight is 583 g/mol. The highest BCUT2D eigenvalue weighted by Crippen LogP contribution is 2.50. The van der Waals surface area contributed by atoms with Crippen molar-refractivity contribution >= 4 is 17.6 Å². The van der Waals surface area contributed by atoms with E-state index in [1.165, 1.54) is 30.8 Å². The minimum atomic E-state index is -3.14. The Balaban J connectivity index is 1.47. The van der Waals surface area contributed by atoms with Crippen LogP contribution in [0.3, 0.4) is 0 Å². The van der Waals surface area contributed by atoms with E-state index in [0.29, 0.717) is 12.6 Å². The van der Waals surface area contributed by atoms with E-state index in [1.54, 1.807) is 0 Å². The molecule has 0 aliphatic heterocycles. The van der Waals surface area contributed by atoms with Gasteiger partial charge in [0.15, 0.2) is 5.69 Å². The number of hydrogen-bond acceptors (Lipinski definition) is 9. The number of nitrogens with one attached hydrogen (secondary N) is 2. The van der Waals surface area contributed by atoms with Crippen molar-refractivity contribution < 1.29 is 36.9 Å². The first kappa shape index (κ1) is 28.8. The molecule has 0 saturated heterocycles. The average Bonchev–Trinajstić information content (AvgIpc) is 3.49. The van der Waals surface area contributed by atoms with Gasteiger partial charge in [0.1, 0.15) is 5.69 Å². The second-order valence-electron chi connectivity index (χ2n) is 11.6. The number of aromatic nitrogens is 6. The number of alkyl halides is 4. The second-order valence-corrected chi connectivity index (χ2v) is 11.6. The summed E-state index contributed by atoms with van der Waals surface area (Å²) < 4.78 is 60.7. The van der Waals surface area contributed by atoms with Crippen LogP contribution in [-0.4, -0.2) is 70.8 Å². The zero-order valence-electron chi connectivity index (χ0n) is 22.6. The molecule has 0 radical (unpaired) electrons. The van der Waals surface area contributed by atoms with Gasteiger partial charge in [-0.2, -0.15) is 5.10 Å². The molecule has 2 aliphatic rings. The van der Waals surface area contributed by atoms with Crippen LogP contribution in [0.4, 0.5) is 17.6 Å². The van der Waals surface area contributed by atoms with Crippen LogP contribution in [0.25, 0.3) is 5.78 Å². The molecule has 2 fully saturated rings. The fourth-order valence-corrected chi connectivity index (χ4v) is 5.76. The Morgan fingerprint density at radius 3 is 2.49 bits per heavy atom. The lowest BCUT2D eigenvalue weighted by Gasteiger charge is -2.49. The molecule has 0 spiro atoms. The van der Waals surface area contributed by atoms with Gasteiger partial charge in [-0.3, -0.25) is 9.59 Å². The molecule has 2 aliphatic carbocycles. The molecule has 0 aromatic carbocycles. The molecule has 12 nitrogen and oxygen atoms in total. The number of halogens is 4. The van der Waals surface area contributed by atoms with Crippen molar-refractivity contribution in [2.24, 2.45) is 5.92 Å². The van der Waals surface area contributed by atoms with Crippen molar-refractivity contribution in [1.82, 2.24) is 40.5 Å². The third-order valence-corrected chi connectivity index (χ3v) is 7.77. The fourth-order valence-electron chi connectivity index (χ4n) is 5.76. The Bertz CT molecular complexity index is 1450. The molecule has 16 heteroatoms. The number of amides is 2. The summed E-state index contributed by atoms with van der Waals surface area (Å²) in [5.74, 6) is -7.63. The zero-order valence-corrected chi connectivity index (χ0v) is 22.6. The largest absolute Gasteiger partial charge is 0.390 e. The van der Waals surface area contributed by atoms with E-state index >= 15 is 0 Å². The number of carbonyl (C=O) groups excluding carboxylic acids is 2. The number of nitrogens with zero attached hydrogens (tertiary/aromatic N) is 6. The van der Waals surface area contributed by atoms with Crippen LogP contribution < -0.4 is 10.6 Å². The maximum Gasteiger partial charge on any atom is 0.276 e. The summed E-state index contributed by atoms with van der Waals surface area (Å²) in [5, 5.41) is 27.0. The maximum atomic E-state index is 13.9. The number of hydrogen-bond donors (Lipinski definition) is 3. The second kappa shape index (κ2) is 9.99. The lowest BCUT2D eigenvalue weighted by atomic mass is 9.57. The van der Waals surface area contributed by atoms with Gasteiger partial charge in [-0.15, -0.1) is 0 Å². The number of carbonyl (C=O) groups is 2. The predicted molar refractivity (Wildman–Crippen MR) is 132 cm³/mol. The first-order valence-corrected chi connectivity index (χ1v) is 13.2. The normalized spacial score (nSPS) is 25.5. The molecule has 41 heavy (non-hydrogen) atoms. The molecule has 0 bridgehead atoms. The van der Waals surface area contributed by atoms with Crippen molar-refractivity contribution in [2.45, 2.75) is 88.2 Å². The Kier molecular flexibility index (Phi) is 7.02. The van der Waals surface area contributed by atoms with E-state index in [4.69, 9.17) is 0 Å². The standard InChI is InChI=1S/C25H30F4N8O4/c1-13-17(36-41-35-13)19(38)34-18(14-4-6-25(28,29)7-5-14)15-9-37-21(32-15)33-16(8-31-37)24(10-22(2,40)11-24)20(39)30-12-23(3,26)27/h8-9,14,18,40H,4-7,10-12H2,1-3H3,(H,30,39)(H,34,38)/t18-,22?,24?/m0/s1. The van der Waals surface area contributed by atoms with Gasteiger partial charge < -0.3 is 15.7 Å². The molecule has 3 N–H and O–H groups in total. The highest BCUT2D eigenvalue weighted by atomic mass is 19.3. The molecule has 3 heterocycles. The molecule has 3 aromatic heterocycles. The van der Waals surface area contributed by atoms with Crippen LogP contribution in [0.2, 0.25) is 0 Å². The summed E-state index contributed by atoms with van der Waals surface area (Å²) in [6.07, 6.45) is 2.20. The summed E-state index contributed by atoms with van der Waals surface area (Å²) in [5.41, 5.74) is -2.00. The number of fused-ring (bicyclic) bond motifs is 1. The van der Waals surface area contributed by atoms with Crippen molar-refractivity contribution in [3.63, 3.8) is 0 Å². The Morgan fingerprint density at radius 2 is 1.90 bits per heavy atom. The number of aryl methyl sites for hydroxylation is 1. The Hall–Kier alpha value is -3.69. The lowest BCUT2D eigenvalue weighted by molar-refractivity contribution is -0.146. The van der Waals surface area contributed by atoms with Crippen LogP contribution in [0.15, 0.2) is 17.0 Å². The highest BCUT2D eigenvalue weighted by Gasteiger charge is 2.58. The molecule has 1 atom stereocenters. The molecule has 0 unspecified atom stereocenters. The third-order valence-electron chi connectivity index (χ3n) is 7.77. The Labute approximate surface area is 231 Å². The van der Waals surface area contributed by atoms with Crippen LogP contribution >= 0.6 is 0 Å². The summed E-state index contributed by atoms with van der Waals surface area (Å²) in [6, 6.07) is -0.810. The molecule has 5 rings (SSSR count). The molecule has 2 saturated carbocycles. The number of rotatable bonds is 8. The zero-order chi connectivity index (χ0) is 29.8. The van der Waals surface area contributed by atoms with Gasteiger partial charge in [0.2, 0.25) is 11.8 Å². The number of imidazole rings is 1. The highest BCUT2D eigenvalue weighted by molar-refractivity contribution is 5.93. The van der Waals surface area contributed by atoms with Gasteiger partial charge >= 0.3 is 0 Å². The molecule has 222 valence electrons. The SMILES string of the molecule is Cc1nonc1C(=O)N[C@H](c1cn2ncc(C3(C(=O)NCC(C)(F)F)CC(C)(O)C3)nc2n1)C1CCC(F)(F)CC1. The van der Waals surface area contributed by atoms with E-state index in [-0.39, 0.29) is 61.4 Å².